The Kier molecular flexibility index (Phi) is 6.38. The van der Waals surface area contributed by atoms with Crippen molar-refractivity contribution in [1.82, 2.24) is 20.1 Å². The molecule has 31 heavy (non-hydrogen) atoms. The number of nitrogens with one attached hydrogen (secondary N) is 1. The van der Waals surface area contributed by atoms with E-state index in [0.717, 1.165) is 22.4 Å². The zero-order valence-corrected chi connectivity index (χ0v) is 17.4. The van der Waals surface area contributed by atoms with Crippen molar-refractivity contribution >= 4 is 5.91 Å². The summed E-state index contributed by atoms with van der Waals surface area (Å²) in [5, 5.41) is 7.74. The lowest BCUT2D eigenvalue weighted by atomic mass is 10.1. The lowest BCUT2D eigenvalue weighted by Gasteiger charge is -2.06. The molecule has 0 radical (unpaired) electrons. The van der Waals surface area contributed by atoms with E-state index in [2.05, 4.69) is 10.3 Å². The molecule has 1 N–H and O–H groups in total. The first-order valence-corrected chi connectivity index (χ1v) is 10.2. The SMILES string of the molecule is COc1cccc(-c2nn(Cc3ccccc3)cc2C(=O)NCCc2cccnc2)c1. The maximum absolute atomic E-state index is 13.0. The molecule has 4 aromatic rings. The Balaban J connectivity index is 1.58. The number of rotatable bonds is 8. The Morgan fingerprint density at radius 1 is 1.03 bits per heavy atom. The fraction of sp³-hybridized carbons (Fsp3) is 0.160. The number of hydrogen-bond acceptors (Lipinski definition) is 4. The number of pyridine rings is 1. The van der Waals surface area contributed by atoms with E-state index < -0.39 is 0 Å². The highest BCUT2D eigenvalue weighted by molar-refractivity contribution is 5.99. The van der Waals surface area contributed by atoms with Crippen molar-refractivity contribution in [2.45, 2.75) is 13.0 Å². The first-order chi connectivity index (χ1) is 15.2. The number of carbonyl (C=O) groups is 1. The van der Waals surface area contributed by atoms with Crippen LogP contribution in [0.3, 0.4) is 0 Å². The molecule has 0 fully saturated rings. The van der Waals surface area contributed by atoms with E-state index in [1.807, 2.05) is 72.9 Å². The number of hydrogen-bond donors (Lipinski definition) is 1. The molecule has 6 heteroatoms. The smallest absolute Gasteiger partial charge is 0.255 e. The molecule has 0 aliphatic heterocycles. The summed E-state index contributed by atoms with van der Waals surface area (Å²) in [5.41, 5.74) is 4.20. The van der Waals surface area contributed by atoms with Gasteiger partial charge in [0.05, 0.1) is 19.2 Å². The van der Waals surface area contributed by atoms with Crippen molar-refractivity contribution < 1.29 is 9.53 Å². The molecular weight excluding hydrogens is 388 g/mol. The van der Waals surface area contributed by atoms with Crippen molar-refractivity contribution in [3.63, 3.8) is 0 Å². The molecule has 0 bridgehead atoms. The van der Waals surface area contributed by atoms with Gasteiger partial charge in [0.25, 0.3) is 5.91 Å². The van der Waals surface area contributed by atoms with Crippen LogP contribution in [0.2, 0.25) is 0 Å². The second-order valence-corrected chi connectivity index (χ2v) is 7.17. The van der Waals surface area contributed by atoms with Gasteiger partial charge in [-0.05, 0) is 35.7 Å². The van der Waals surface area contributed by atoms with E-state index >= 15 is 0 Å². The van der Waals surface area contributed by atoms with Gasteiger partial charge in [-0.1, -0.05) is 48.5 Å². The molecule has 4 rings (SSSR count). The zero-order chi connectivity index (χ0) is 21.5. The number of benzene rings is 2. The highest BCUT2D eigenvalue weighted by Crippen LogP contribution is 2.26. The van der Waals surface area contributed by atoms with Gasteiger partial charge in [-0.15, -0.1) is 0 Å². The summed E-state index contributed by atoms with van der Waals surface area (Å²) < 4.78 is 7.16. The summed E-state index contributed by atoms with van der Waals surface area (Å²) in [7, 11) is 1.62. The van der Waals surface area contributed by atoms with E-state index in [0.29, 0.717) is 30.8 Å². The second-order valence-electron chi connectivity index (χ2n) is 7.17. The quantitative estimate of drug-likeness (QED) is 0.475. The van der Waals surface area contributed by atoms with E-state index in [4.69, 9.17) is 9.84 Å². The lowest BCUT2D eigenvalue weighted by molar-refractivity contribution is 0.0954. The zero-order valence-electron chi connectivity index (χ0n) is 17.4. The first-order valence-electron chi connectivity index (χ1n) is 10.2. The molecule has 1 amide bonds. The maximum Gasteiger partial charge on any atom is 0.255 e. The molecular formula is C25H24N4O2. The van der Waals surface area contributed by atoms with Gasteiger partial charge in [-0.25, -0.2) is 0 Å². The minimum Gasteiger partial charge on any atom is -0.497 e. The van der Waals surface area contributed by atoms with Gasteiger partial charge in [0.1, 0.15) is 11.4 Å². The van der Waals surface area contributed by atoms with Gasteiger partial charge in [0.15, 0.2) is 0 Å². The van der Waals surface area contributed by atoms with E-state index in [-0.39, 0.29) is 5.91 Å². The number of amides is 1. The number of methoxy groups -OCH3 is 1. The fourth-order valence-corrected chi connectivity index (χ4v) is 3.38. The third-order valence-electron chi connectivity index (χ3n) is 4.96. The molecule has 2 aromatic heterocycles. The molecule has 156 valence electrons. The molecule has 0 aliphatic rings. The molecule has 0 spiro atoms. The number of aromatic nitrogens is 3. The summed E-state index contributed by atoms with van der Waals surface area (Å²) in [6.45, 7) is 1.10. The fourth-order valence-electron chi connectivity index (χ4n) is 3.38. The van der Waals surface area contributed by atoms with Crippen LogP contribution in [0.15, 0.2) is 85.3 Å². The van der Waals surface area contributed by atoms with Gasteiger partial charge in [-0.2, -0.15) is 5.10 Å². The van der Waals surface area contributed by atoms with Crippen LogP contribution in [-0.4, -0.2) is 34.3 Å². The van der Waals surface area contributed by atoms with Gasteiger partial charge < -0.3 is 10.1 Å². The first kappa shape index (κ1) is 20.3. The Labute approximate surface area is 181 Å². The third-order valence-corrected chi connectivity index (χ3v) is 4.96. The molecule has 6 nitrogen and oxygen atoms in total. The summed E-state index contributed by atoms with van der Waals surface area (Å²) >= 11 is 0. The maximum atomic E-state index is 13.0. The van der Waals surface area contributed by atoms with Crippen LogP contribution >= 0.6 is 0 Å². The molecule has 2 heterocycles. The van der Waals surface area contributed by atoms with Crippen LogP contribution < -0.4 is 10.1 Å². The topological polar surface area (TPSA) is 69.0 Å². The van der Waals surface area contributed by atoms with Crippen molar-refractivity contribution in [3.05, 3.63) is 102 Å². The molecule has 0 unspecified atom stereocenters. The van der Waals surface area contributed by atoms with Crippen molar-refractivity contribution in [2.24, 2.45) is 0 Å². The lowest BCUT2D eigenvalue weighted by Crippen LogP contribution is -2.25. The standard InChI is InChI=1S/C25H24N4O2/c1-31-22-11-5-10-21(15-22)24-23(18-29(28-24)17-20-7-3-2-4-8-20)25(30)27-14-12-19-9-6-13-26-16-19/h2-11,13,15-16,18H,12,14,17H2,1H3,(H,27,30). The van der Waals surface area contributed by atoms with Gasteiger partial charge in [0.2, 0.25) is 0 Å². The predicted molar refractivity (Wildman–Crippen MR) is 120 cm³/mol. The normalized spacial score (nSPS) is 10.6. The van der Waals surface area contributed by atoms with Crippen LogP contribution in [0.5, 0.6) is 5.75 Å². The monoisotopic (exact) mass is 412 g/mol. The highest BCUT2D eigenvalue weighted by Gasteiger charge is 2.18. The average Bonchev–Trinajstić information content (AvgIpc) is 3.24. The number of nitrogens with zero attached hydrogens (tertiary/aromatic N) is 3. The minimum atomic E-state index is -0.152. The van der Waals surface area contributed by atoms with Gasteiger partial charge in [-0.3, -0.25) is 14.5 Å². The van der Waals surface area contributed by atoms with Crippen molar-refractivity contribution in [1.29, 1.82) is 0 Å². The van der Waals surface area contributed by atoms with Gasteiger partial charge in [0, 0.05) is 30.7 Å². The molecule has 0 saturated heterocycles. The van der Waals surface area contributed by atoms with Crippen LogP contribution in [0.4, 0.5) is 0 Å². The van der Waals surface area contributed by atoms with Crippen LogP contribution in [0, 0.1) is 0 Å². The Morgan fingerprint density at radius 3 is 2.65 bits per heavy atom. The summed E-state index contributed by atoms with van der Waals surface area (Å²) in [5.74, 6) is 0.569. The summed E-state index contributed by atoms with van der Waals surface area (Å²) in [6.07, 6.45) is 6.07. The molecule has 0 atom stereocenters. The summed E-state index contributed by atoms with van der Waals surface area (Å²) in [6, 6.07) is 21.5. The molecule has 2 aromatic carbocycles. The number of ether oxygens (including phenoxy) is 1. The van der Waals surface area contributed by atoms with E-state index in [1.54, 1.807) is 24.2 Å². The van der Waals surface area contributed by atoms with Crippen LogP contribution in [0.25, 0.3) is 11.3 Å². The van der Waals surface area contributed by atoms with Crippen LogP contribution in [0.1, 0.15) is 21.5 Å². The summed E-state index contributed by atoms with van der Waals surface area (Å²) in [4.78, 5) is 17.2. The Hall–Kier alpha value is -3.93. The van der Waals surface area contributed by atoms with E-state index in [9.17, 15) is 4.79 Å². The molecule has 0 saturated carbocycles. The Bertz CT molecular complexity index is 1140. The average molecular weight is 412 g/mol. The molecule has 0 aliphatic carbocycles. The third kappa shape index (κ3) is 5.17. The largest absolute Gasteiger partial charge is 0.497 e. The highest BCUT2D eigenvalue weighted by atomic mass is 16.5. The number of carbonyl (C=O) groups excluding carboxylic acids is 1. The van der Waals surface area contributed by atoms with Crippen molar-refractivity contribution in [2.75, 3.05) is 13.7 Å². The van der Waals surface area contributed by atoms with Gasteiger partial charge >= 0.3 is 0 Å². The van der Waals surface area contributed by atoms with Crippen molar-refractivity contribution in [3.8, 4) is 17.0 Å². The minimum absolute atomic E-state index is 0.152. The Morgan fingerprint density at radius 2 is 1.87 bits per heavy atom. The predicted octanol–water partition coefficient (Wildman–Crippen LogP) is 3.97. The van der Waals surface area contributed by atoms with E-state index in [1.165, 1.54) is 0 Å². The second kappa shape index (κ2) is 9.71. The van der Waals surface area contributed by atoms with Crippen LogP contribution in [-0.2, 0) is 13.0 Å².